The molecule has 0 spiro atoms. The Morgan fingerprint density at radius 3 is 2.52 bits per heavy atom. The summed E-state index contributed by atoms with van der Waals surface area (Å²) in [7, 11) is -3.48. The Balaban J connectivity index is 1.79. The third-order valence-corrected chi connectivity index (χ3v) is 8.25. The summed E-state index contributed by atoms with van der Waals surface area (Å²) in [6.07, 6.45) is 0.841. The van der Waals surface area contributed by atoms with Crippen molar-refractivity contribution in [3.05, 3.63) is 57.4 Å². The highest BCUT2D eigenvalue weighted by molar-refractivity contribution is 7.91. The molecule has 1 N–H and O–H groups in total. The van der Waals surface area contributed by atoms with Gasteiger partial charge in [-0.2, -0.15) is 0 Å². The molecule has 0 saturated heterocycles. The quantitative estimate of drug-likeness (QED) is 0.670. The van der Waals surface area contributed by atoms with E-state index in [1.165, 1.54) is 22.7 Å². The predicted octanol–water partition coefficient (Wildman–Crippen LogP) is 4.53. The molecule has 132 valence electrons. The summed E-state index contributed by atoms with van der Waals surface area (Å²) in [5, 5.41) is 0.925. The third-order valence-electron chi connectivity index (χ3n) is 3.94. The molecular weight excluding hydrogens is 372 g/mol. The summed E-state index contributed by atoms with van der Waals surface area (Å²) in [4.78, 5) is 6.62. The molecule has 3 aromatic rings. The minimum Gasteiger partial charge on any atom is -0.241 e. The first-order valence-electron chi connectivity index (χ1n) is 8.01. The van der Waals surface area contributed by atoms with E-state index in [-0.39, 0.29) is 6.54 Å². The lowest BCUT2D eigenvalue weighted by molar-refractivity contribution is 0.584. The fourth-order valence-electron chi connectivity index (χ4n) is 2.44. The van der Waals surface area contributed by atoms with Crippen LogP contribution < -0.4 is 4.72 Å². The van der Waals surface area contributed by atoms with Crippen LogP contribution in [0, 0.1) is 13.8 Å². The van der Waals surface area contributed by atoms with Gasteiger partial charge < -0.3 is 0 Å². The van der Waals surface area contributed by atoms with Crippen molar-refractivity contribution >= 4 is 32.7 Å². The van der Waals surface area contributed by atoms with Gasteiger partial charge in [0, 0.05) is 21.9 Å². The molecule has 0 saturated carbocycles. The normalized spacial score (nSPS) is 11.8. The molecule has 0 fully saturated rings. The van der Waals surface area contributed by atoms with Crippen LogP contribution in [0.3, 0.4) is 0 Å². The van der Waals surface area contributed by atoms with Gasteiger partial charge in [0.1, 0.15) is 9.22 Å². The summed E-state index contributed by atoms with van der Waals surface area (Å²) in [6, 6.07) is 11.6. The van der Waals surface area contributed by atoms with E-state index >= 15 is 0 Å². The van der Waals surface area contributed by atoms with E-state index in [4.69, 9.17) is 0 Å². The van der Waals surface area contributed by atoms with Crippen LogP contribution in [0.25, 0.3) is 10.6 Å². The van der Waals surface area contributed by atoms with Crippen LogP contribution in [0.1, 0.15) is 27.9 Å². The van der Waals surface area contributed by atoms with Crippen LogP contribution in [0.4, 0.5) is 0 Å². The van der Waals surface area contributed by atoms with Gasteiger partial charge >= 0.3 is 0 Å². The average Bonchev–Trinajstić information content (AvgIpc) is 3.20. The maximum Gasteiger partial charge on any atom is 0.250 e. The zero-order valence-electron chi connectivity index (χ0n) is 14.4. The van der Waals surface area contributed by atoms with Crippen LogP contribution in [0.5, 0.6) is 0 Å². The number of nitrogens with zero attached hydrogens (tertiary/aromatic N) is 1. The van der Waals surface area contributed by atoms with Crippen LogP contribution in [-0.2, 0) is 23.0 Å². The molecular formula is C18H20N2O2S3. The molecule has 1 aromatic carbocycles. The predicted molar refractivity (Wildman–Crippen MR) is 105 cm³/mol. The van der Waals surface area contributed by atoms with Crippen molar-refractivity contribution in [2.75, 3.05) is 0 Å². The zero-order chi connectivity index (χ0) is 18.0. The second-order valence-corrected chi connectivity index (χ2v) is 9.99. The molecule has 0 aliphatic heterocycles. The summed E-state index contributed by atoms with van der Waals surface area (Å²) < 4.78 is 28.0. The van der Waals surface area contributed by atoms with Gasteiger partial charge in [0.2, 0.25) is 10.0 Å². The molecule has 0 atom stereocenters. The van der Waals surface area contributed by atoms with Crippen molar-refractivity contribution in [1.29, 1.82) is 0 Å². The lowest BCUT2D eigenvalue weighted by Gasteiger charge is -2.03. The van der Waals surface area contributed by atoms with Crippen LogP contribution in [0.15, 0.2) is 40.6 Å². The minimum absolute atomic E-state index is 0.261. The van der Waals surface area contributed by atoms with Crippen molar-refractivity contribution in [2.24, 2.45) is 0 Å². The molecule has 0 aliphatic rings. The van der Waals surface area contributed by atoms with Gasteiger partial charge in [0.05, 0.1) is 5.69 Å². The highest BCUT2D eigenvalue weighted by Gasteiger charge is 2.18. The average molecular weight is 393 g/mol. The van der Waals surface area contributed by atoms with E-state index in [1.54, 1.807) is 6.07 Å². The molecule has 2 aromatic heterocycles. The second-order valence-electron chi connectivity index (χ2n) is 5.74. The number of rotatable bonds is 6. The fraction of sp³-hybridized carbons (Fsp3) is 0.278. The first-order valence-corrected chi connectivity index (χ1v) is 11.1. The summed E-state index contributed by atoms with van der Waals surface area (Å²) >= 11 is 2.86. The number of thiophene rings is 1. The number of hydrogen-bond donors (Lipinski definition) is 1. The summed E-state index contributed by atoms with van der Waals surface area (Å²) in [5.74, 6) is 0. The lowest BCUT2D eigenvalue weighted by atomic mass is 10.1. The van der Waals surface area contributed by atoms with Gasteiger partial charge in [0.25, 0.3) is 0 Å². The van der Waals surface area contributed by atoms with E-state index in [0.717, 1.165) is 38.0 Å². The van der Waals surface area contributed by atoms with Gasteiger partial charge in [-0.1, -0.05) is 31.2 Å². The SMILES string of the molecule is CCc1ccc(S(=O)(=O)NCc2sc(-c3ccccc3C)nc2C)s1. The highest BCUT2D eigenvalue weighted by atomic mass is 32.2. The third kappa shape index (κ3) is 4.00. The molecule has 7 heteroatoms. The largest absolute Gasteiger partial charge is 0.250 e. The van der Waals surface area contributed by atoms with Gasteiger partial charge in [-0.3, -0.25) is 0 Å². The smallest absolute Gasteiger partial charge is 0.241 e. The Kier molecular flexibility index (Phi) is 5.38. The number of sulfonamides is 1. The topological polar surface area (TPSA) is 59.1 Å². The number of thiazole rings is 1. The number of benzene rings is 1. The molecule has 0 unspecified atom stereocenters. The van der Waals surface area contributed by atoms with Gasteiger partial charge in [-0.05, 0) is 38.0 Å². The van der Waals surface area contributed by atoms with E-state index < -0.39 is 10.0 Å². The molecule has 0 radical (unpaired) electrons. The Hall–Kier alpha value is -1.54. The second kappa shape index (κ2) is 7.37. The monoisotopic (exact) mass is 392 g/mol. The van der Waals surface area contributed by atoms with Gasteiger partial charge in [-0.15, -0.1) is 22.7 Å². The van der Waals surface area contributed by atoms with E-state index in [9.17, 15) is 8.42 Å². The fourth-order valence-corrected chi connectivity index (χ4v) is 5.96. The Morgan fingerprint density at radius 1 is 1.08 bits per heavy atom. The van der Waals surface area contributed by atoms with Crippen LogP contribution in [0.2, 0.25) is 0 Å². The Labute approximate surface area is 156 Å². The maximum atomic E-state index is 12.5. The summed E-state index contributed by atoms with van der Waals surface area (Å²) in [6.45, 7) is 6.25. The molecule has 2 heterocycles. The molecule has 4 nitrogen and oxygen atoms in total. The van der Waals surface area contributed by atoms with E-state index in [0.29, 0.717) is 4.21 Å². The van der Waals surface area contributed by atoms with Gasteiger partial charge in [-0.25, -0.2) is 18.1 Å². The first kappa shape index (κ1) is 18.3. The number of aromatic nitrogens is 1. The Bertz CT molecular complexity index is 987. The minimum atomic E-state index is -3.48. The van der Waals surface area contributed by atoms with Crippen molar-refractivity contribution < 1.29 is 8.42 Å². The van der Waals surface area contributed by atoms with Gasteiger partial charge in [0.15, 0.2) is 0 Å². The van der Waals surface area contributed by atoms with Crippen LogP contribution >= 0.6 is 22.7 Å². The van der Waals surface area contributed by atoms with Crippen molar-refractivity contribution in [1.82, 2.24) is 9.71 Å². The first-order chi connectivity index (χ1) is 11.9. The standard InChI is InChI=1S/C18H20N2O2S3/c1-4-14-9-10-17(23-14)25(21,22)19-11-16-13(3)20-18(24-16)15-8-6-5-7-12(15)2/h5-10,19H,4,11H2,1-3H3. The van der Waals surface area contributed by atoms with E-state index in [1.807, 2.05) is 38.1 Å². The van der Waals surface area contributed by atoms with Crippen molar-refractivity contribution in [3.63, 3.8) is 0 Å². The summed E-state index contributed by atoms with van der Waals surface area (Å²) in [5.41, 5.74) is 3.12. The van der Waals surface area contributed by atoms with Crippen molar-refractivity contribution in [2.45, 2.75) is 37.9 Å². The highest BCUT2D eigenvalue weighted by Crippen LogP contribution is 2.30. The maximum absolute atomic E-state index is 12.5. The number of hydrogen-bond acceptors (Lipinski definition) is 5. The molecule has 25 heavy (non-hydrogen) atoms. The molecule has 3 rings (SSSR count). The molecule has 0 aliphatic carbocycles. The van der Waals surface area contributed by atoms with Crippen molar-refractivity contribution in [3.8, 4) is 10.6 Å². The number of aryl methyl sites for hydroxylation is 3. The zero-order valence-corrected chi connectivity index (χ0v) is 16.8. The Morgan fingerprint density at radius 2 is 1.84 bits per heavy atom. The van der Waals surface area contributed by atoms with E-state index in [2.05, 4.69) is 22.7 Å². The number of nitrogens with one attached hydrogen (secondary N) is 1. The molecule has 0 amide bonds. The lowest BCUT2D eigenvalue weighted by Crippen LogP contribution is -2.22. The van der Waals surface area contributed by atoms with Crippen LogP contribution in [-0.4, -0.2) is 13.4 Å². The molecule has 0 bridgehead atoms.